The second kappa shape index (κ2) is 3.82. The van der Waals surface area contributed by atoms with Gasteiger partial charge in [-0.1, -0.05) is 0 Å². The Bertz CT molecular complexity index is 483. The predicted molar refractivity (Wildman–Crippen MR) is 68.3 cm³/mol. The Labute approximate surface area is 111 Å². The van der Waals surface area contributed by atoms with Crippen molar-refractivity contribution < 1.29 is 9.90 Å². The Kier molecular flexibility index (Phi) is 2.31. The van der Waals surface area contributed by atoms with Crippen LogP contribution in [0.3, 0.4) is 0 Å². The van der Waals surface area contributed by atoms with Gasteiger partial charge >= 0.3 is 0 Å². The molecule has 4 bridgehead atoms. The average molecular weight is 261 g/mol. The van der Waals surface area contributed by atoms with Gasteiger partial charge in [0.15, 0.2) is 0 Å². The maximum absolute atomic E-state index is 12.1. The van der Waals surface area contributed by atoms with Crippen LogP contribution >= 0.6 is 0 Å². The molecule has 102 valence electrons. The first-order valence-corrected chi connectivity index (χ1v) is 7.15. The van der Waals surface area contributed by atoms with E-state index in [1.165, 1.54) is 0 Å². The van der Waals surface area contributed by atoms with E-state index >= 15 is 0 Å². The van der Waals surface area contributed by atoms with Gasteiger partial charge in [0, 0.05) is 12.2 Å². The van der Waals surface area contributed by atoms with Crippen LogP contribution in [-0.4, -0.2) is 32.9 Å². The molecule has 5 nitrogen and oxygen atoms in total. The van der Waals surface area contributed by atoms with E-state index < -0.39 is 5.60 Å². The minimum atomic E-state index is -0.437. The van der Waals surface area contributed by atoms with Crippen LogP contribution < -0.4 is 5.32 Å². The van der Waals surface area contributed by atoms with E-state index in [1.807, 2.05) is 0 Å². The molecule has 4 fully saturated rings. The van der Waals surface area contributed by atoms with Crippen molar-refractivity contribution in [3.8, 4) is 0 Å². The highest BCUT2D eigenvalue weighted by Crippen LogP contribution is 2.55. The molecule has 1 aromatic rings. The number of carbonyl (C=O) groups excluding carboxylic acids is 1. The number of amides is 1. The number of aliphatic hydroxyl groups is 1. The number of H-pyrrole nitrogens is 1. The lowest BCUT2D eigenvalue weighted by molar-refractivity contribution is -0.136. The summed E-state index contributed by atoms with van der Waals surface area (Å²) in [6.07, 6.45) is 8.19. The second-order valence-corrected chi connectivity index (χ2v) is 6.68. The number of aromatic nitrogens is 2. The predicted octanol–water partition coefficient (Wildman–Crippen LogP) is 1.08. The first-order chi connectivity index (χ1) is 9.13. The molecule has 0 aliphatic heterocycles. The summed E-state index contributed by atoms with van der Waals surface area (Å²) in [5.74, 6) is 1.53. The zero-order valence-corrected chi connectivity index (χ0v) is 10.8. The van der Waals surface area contributed by atoms with Gasteiger partial charge in [-0.05, 0) is 49.9 Å². The summed E-state index contributed by atoms with van der Waals surface area (Å²) < 4.78 is 0. The summed E-state index contributed by atoms with van der Waals surface area (Å²) in [6.45, 7) is 0. The van der Waals surface area contributed by atoms with Gasteiger partial charge in [-0.15, -0.1) is 0 Å². The monoisotopic (exact) mass is 261 g/mol. The van der Waals surface area contributed by atoms with Crippen molar-refractivity contribution in [2.45, 2.75) is 43.7 Å². The van der Waals surface area contributed by atoms with Crippen LogP contribution in [0.1, 0.15) is 42.5 Å². The van der Waals surface area contributed by atoms with Gasteiger partial charge in [0.1, 0.15) is 0 Å². The zero-order valence-electron chi connectivity index (χ0n) is 10.8. The summed E-state index contributed by atoms with van der Waals surface area (Å²) in [5.41, 5.74) is 0.153. The molecular formula is C14H19N3O2. The SMILES string of the molecule is O=C(NC1C2CC3CC1CC(O)(C3)C2)c1cn[nH]c1. The van der Waals surface area contributed by atoms with Gasteiger partial charge in [0.2, 0.25) is 0 Å². The van der Waals surface area contributed by atoms with E-state index in [-0.39, 0.29) is 11.9 Å². The number of nitrogens with one attached hydrogen (secondary N) is 2. The number of hydrogen-bond acceptors (Lipinski definition) is 3. The summed E-state index contributed by atoms with van der Waals surface area (Å²) in [7, 11) is 0. The van der Waals surface area contributed by atoms with Gasteiger partial charge in [-0.25, -0.2) is 0 Å². The summed E-state index contributed by atoms with van der Waals surface area (Å²) >= 11 is 0. The molecule has 5 heteroatoms. The van der Waals surface area contributed by atoms with Gasteiger partial charge < -0.3 is 10.4 Å². The van der Waals surface area contributed by atoms with Crippen LogP contribution in [0.15, 0.2) is 12.4 Å². The van der Waals surface area contributed by atoms with Gasteiger partial charge in [-0.3, -0.25) is 9.89 Å². The van der Waals surface area contributed by atoms with Crippen LogP contribution in [0, 0.1) is 17.8 Å². The lowest BCUT2D eigenvalue weighted by atomic mass is 9.52. The Morgan fingerprint density at radius 1 is 1.37 bits per heavy atom. The van der Waals surface area contributed by atoms with Crippen molar-refractivity contribution in [3.63, 3.8) is 0 Å². The third-order valence-corrected chi connectivity index (χ3v) is 5.30. The molecule has 0 aromatic carbocycles. The van der Waals surface area contributed by atoms with Crippen molar-refractivity contribution in [2.24, 2.45) is 17.8 Å². The van der Waals surface area contributed by atoms with E-state index in [0.717, 1.165) is 32.1 Å². The molecule has 0 spiro atoms. The van der Waals surface area contributed by atoms with Crippen molar-refractivity contribution >= 4 is 5.91 Å². The fourth-order valence-corrected chi connectivity index (χ4v) is 4.83. The Morgan fingerprint density at radius 3 is 2.68 bits per heavy atom. The third kappa shape index (κ3) is 1.79. The third-order valence-electron chi connectivity index (χ3n) is 5.30. The van der Waals surface area contributed by atoms with Crippen molar-refractivity contribution in [1.82, 2.24) is 15.5 Å². The molecule has 4 aliphatic rings. The maximum atomic E-state index is 12.1. The molecule has 1 heterocycles. The maximum Gasteiger partial charge on any atom is 0.254 e. The van der Waals surface area contributed by atoms with Gasteiger partial charge in [0.25, 0.3) is 5.91 Å². The Hall–Kier alpha value is -1.36. The molecule has 4 aliphatic carbocycles. The Balaban J connectivity index is 1.52. The highest BCUT2D eigenvalue weighted by molar-refractivity contribution is 5.93. The quantitative estimate of drug-likeness (QED) is 0.745. The van der Waals surface area contributed by atoms with E-state index in [9.17, 15) is 9.90 Å². The normalized spacial score (nSPS) is 43.4. The van der Waals surface area contributed by atoms with E-state index in [1.54, 1.807) is 12.4 Å². The topological polar surface area (TPSA) is 78.0 Å². The number of hydrogen-bond donors (Lipinski definition) is 3. The number of aromatic amines is 1. The molecule has 19 heavy (non-hydrogen) atoms. The molecule has 3 N–H and O–H groups in total. The first kappa shape index (κ1) is 11.5. The van der Waals surface area contributed by atoms with Crippen molar-refractivity contribution in [2.75, 3.05) is 0 Å². The highest BCUT2D eigenvalue weighted by Gasteiger charge is 2.55. The second-order valence-electron chi connectivity index (χ2n) is 6.68. The van der Waals surface area contributed by atoms with Crippen LogP contribution in [0.2, 0.25) is 0 Å². The fourth-order valence-electron chi connectivity index (χ4n) is 4.83. The molecule has 0 radical (unpaired) electrons. The molecule has 1 aromatic heterocycles. The number of nitrogens with zero attached hydrogens (tertiary/aromatic N) is 1. The minimum Gasteiger partial charge on any atom is -0.390 e. The lowest BCUT2D eigenvalue weighted by Crippen LogP contribution is -2.61. The summed E-state index contributed by atoms with van der Waals surface area (Å²) in [6, 6.07) is 0.235. The smallest absolute Gasteiger partial charge is 0.254 e. The average Bonchev–Trinajstić information content (AvgIpc) is 2.85. The first-order valence-electron chi connectivity index (χ1n) is 7.15. The fraction of sp³-hybridized carbons (Fsp3) is 0.714. The molecule has 0 saturated heterocycles. The summed E-state index contributed by atoms with van der Waals surface area (Å²) in [5, 5.41) is 20.2. The Morgan fingerprint density at radius 2 is 2.11 bits per heavy atom. The van der Waals surface area contributed by atoms with Crippen LogP contribution in [-0.2, 0) is 0 Å². The lowest BCUT2D eigenvalue weighted by Gasteiger charge is -2.58. The molecule has 5 rings (SSSR count). The van der Waals surface area contributed by atoms with Gasteiger partial charge in [0.05, 0.1) is 17.4 Å². The van der Waals surface area contributed by atoms with E-state index in [4.69, 9.17) is 0 Å². The minimum absolute atomic E-state index is 0.0433. The van der Waals surface area contributed by atoms with Crippen molar-refractivity contribution in [1.29, 1.82) is 0 Å². The zero-order chi connectivity index (χ0) is 13.0. The van der Waals surface area contributed by atoms with Crippen molar-refractivity contribution in [3.05, 3.63) is 18.0 Å². The molecule has 1 amide bonds. The standard InChI is InChI=1S/C14H19N3O2/c18-13(11-6-15-16-7-11)17-12-9-1-8-2-10(12)5-14(19,3-8)4-9/h6-10,12,19H,1-5H2,(H,15,16)(H,17,18). The molecule has 4 saturated carbocycles. The number of carbonyl (C=O) groups is 1. The van der Waals surface area contributed by atoms with Crippen LogP contribution in [0.25, 0.3) is 0 Å². The highest BCUT2D eigenvalue weighted by atomic mass is 16.3. The van der Waals surface area contributed by atoms with E-state index in [2.05, 4.69) is 15.5 Å². The van der Waals surface area contributed by atoms with Crippen LogP contribution in [0.5, 0.6) is 0 Å². The summed E-state index contributed by atoms with van der Waals surface area (Å²) in [4.78, 5) is 12.1. The van der Waals surface area contributed by atoms with E-state index in [0.29, 0.717) is 23.3 Å². The molecule has 2 unspecified atom stereocenters. The van der Waals surface area contributed by atoms with Gasteiger partial charge in [-0.2, -0.15) is 5.10 Å². The molecular weight excluding hydrogens is 242 g/mol. The largest absolute Gasteiger partial charge is 0.390 e. The number of rotatable bonds is 2. The van der Waals surface area contributed by atoms with Crippen LogP contribution in [0.4, 0.5) is 0 Å². The molecule has 2 atom stereocenters.